The van der Waals surface area contributed by atoms with E-state index < -0.39 is 17.6 Å². The molecule has 6 rings (SSSR count). The maximum atomic E-state index is 15.4. The first-order valence-corrected chi connectivity index (χ1v) is 13.2. The van der Waals surface area contributed by atoms with Crippen LogP contribution in [0.4, 0.5) is 8.78 Å². The molecule has 1 aliphatic heterocycles. The highest BCUT2D eigenvalue weighted by Gasteiger charge is 2.23. The molecule has 0 radical (unpaired) electrons. The number of fused-ring (bicyclic) bond motifs is 1. The Morgan fingerprint density at radius 1 is 1.12 bits per heavy atom. The summed E-state index contributed by atoms with van der Waals surface area (Å²) in [7, 11) is 1.84. The van der Waals surface area contributed by atoms with E-state index in [0.717, 1.165) is 29.9 Å². The first-order valence-electron chi connectivity index (χ1n) is 13.2. The second-order valence-electron chi connectivity index (χ2n) is 10.1. The van der Waals surface area contributed by atoms with Crippen molar-refractivity contribution in [3.05, 3.63) is 94.6 Å². The van der Waals surface area contributed by atoms with Gasteiger partial charge in [-0.2, -0.15) is 5.10 Å². The van der Waals surface area contributed by atoms with Gasteiger partial charge >= 0.3 is 5.97 Å². The van der Waals surface area contributed by atoms with Gasteiger partial charge in [0.1, 0.15) is 29.8 Å². The Morgan fingerprint density at radius 2 is 1.95 bits per heavy atom. The van der Waals surface area contributed by atoms with Gasteiger partial charge in [-0.25, -0.2) is 23.5 Å². The van der Waals surface area contributed by atoms with Gasteiger partial charge in [-0.15, -0.1) is 0 Å². The van der Waals surface area contributed by atoms with Crippen molar-refractivity contribution in [1.29, 1.82) is 0 Å². The minimum absolute atomic E-state index is 0.00686. The van der Waals surface area contributed by atoms with Gasteiger partial charge in [0.15, 0.2) is 0 Å². The third-order valence-corrected chi connectivity index (χ3v) is 7.27. The summed E-state index contributed by atoms with van der Waals surface area (Å²) in [5, 5.41) is 13.8. The molecule has 0 spiro atoms. The van der Waals surface area contributed by atoms with Gasteiger partial charge in [0.2, 0.25) is 5.88 Å². The van der Waals surface area contributed by atoms with Crippen LogP contribution in [-0.4, -0.2) is 48.1 Å². The summed E-state index contributed by atoms with van der Waals surface area (Å²) >= 11 is 0. The first kappa shape index (κ1) is 26.6. The number of rotatable bonds is 9. The van der Waals surface area contributed by atoms with Crippen LogP contribution in [0.3, 0.4) is 0 Å². The lowest BCUT2D eigenvalue weighted by Crippen LogP contribution is -2.31. The zero-order valence-corrected chi connectivity index (χ0v) is 22.5. The second kappa shape index (κ2) is 10.7. The Kier molecular flexibility index (Phi) is 6.96. The van der Waals surface area contributed by atoms with Crippen molar-refractivity contribution in [2.45, 2.75) is 39.0 Å². The Balaban J connectivity index is 1.27. The molecule has 0 unspecified atom stereocenters. The number of carboxylic acids is 1. The predicted molar refractivity (Wildman–Crippen MR) is 146 cm³/mol. The molecule has 2 aromatic carbocycles. The number of hydrogen-bond donors (Lipinski definition) is 1. The summed E-state index contributed by atoms with van der Waals surface area (Å²) in [6.07, 6.45) is 0.811. The van der Waals surface area contributed by atoms with E-state index in [1.807, 2.05) is 24.6 Å². The van der Waals surface area contributed by atoms with Crippen molar-refractivity contribution in [3.63, 3.8) is 0 Å². The summed E-state index contributed by atoms with van der Waals surface area (Å²) in [6.45, 7) is 3.21. The van der Waals surface area contributed by atoms with Crippen LogP contribution in [0.25, 0.3) is 22.3 Å². The van der Waals surface area contributed by atoms with E-state index in [2.05, 4.69) is 15.1 Å². The van der Waals surface area contributed by atoms with Gasteiger partial charge in [-0.1, -0.05) is 6.07 Å². The smallest absolute Gasteiger partial charge is 0.335 e. The average molecular weight is 560 g/mol. The number of halogens is 2. The lowest BCUT2D eigenvalue weighted by molar-refractivity contribution is -0.0589. The Hall–Kier alpha value is -4.64. The van der Waals surface area contributed by atoms with E-state index in [9.17, 15) is 9.90 Å². The van der Waals surface area contributed by atoms with Crippen molar-refractivity contribution < 1.29 is 28.2 Å². The number of imidazole rings is 1. The van der Waals surface area contributed by atoms with E-state index in [4.69, 9.17) is 9.47 Å². The van der Waals surface area contributed by atoms with Gasteiger partial charge in [-0.05, 0) is 61.4 Å². The fourth-order valence-corrected chi connectivity index (χ4v) is 4.87. The van der Waals surface area contributed by atoms with Gasteiger partial charge in [0.05, 0.1) is 34.9 Å². The number of aromatic nitrogens is 5. The fraction of sp³-hybridized carbons (Fsp3) is 0.267. The SMILES string of the molecule is Cc1cc(COc2cccc(-c3cc(F)c(Cc4nc5ccc(C(=O)O)cc5n4C[C@@H]4CCO4)cc3F)n2)nn1C. The van der Waals surface area contributed by atoms with Crippen molar-refractivity contribution in [2.75, 3.05) is 6.61 Å². The van der Waals surface area contributed by atoms with Gasteiger partial charge in [0.25, 0.3) is 0 Å². The second-order valence-corrected chi connectivity index (χ2v) is 10.1. The number of aryl methyl sites for hydroxylation is 2. The van der Waals surface area contributed by atoms with Crippen molar-refractivity contribution in [3.8, 4) is 17.1 Å². The van der Waals surface area contributed by atoms with Crippen LogP contribution in [0.15, 0.2) is 54.6 Å². The molecule has 5 aromatic rings. The lowest BCUT2D eigenvalue weighted by Gasteiger charge is -2.27. The molecule has 1 saturated heterocycles. The molecule has 210 valence electrons. The molecule has 0 bridgehead atoms. The Labute approximate surface area is 234 Å². The molecular weight excluding hydrogens is 532 g/mol. The van der Waals surface area contributed by atoms with Gasteiger partial charge in [-0.3, -0.25) is 4.68 Å². The maximum Gasteiger partial charge on any atom is 0.335 e. The number of carboxylic acid groups (broad SMARTS) is 1. The fourth-order valence-electron chi connectivity index (χ4n) is 4.87. The molecule has 41 heavy (non-hydrogen) atoms. The van der Waals surface area contributed by atoms with E-state index >= 15 is 8.78 Å². The van der Waals surface area contributed by atoms with E-state index in [-0.39, 0.29) is 47.4 Å². The minimum Gasteiger partial charge on any atom is -0.478 e. The van der Waals surface area contributed by atoms with Crippen LogP contribution in [0.2, 0.25) is 0 Å². The quantitative estimate of drug-likeness (QED) is 0.269. The highest BCUT2D eigenvalue weighted by molar-refractivity contribution is 5.92. The number of benzene rings is 2. The monoisotopic (exact) mass is 559 g/mol. The number of aromatic carboxylic acids is 1. The largest absolute Gasteiger partial charge is 0.478 e. The number of hydrogen-bond acceptors (Lipinski definition) is 6. The molecule has 9 nitrogen and oxygen atoms in total. The van der Waals surface area contributed by atoms with Crippen LogP contribution in [0.1, 0.15) is 39.6 Å². The number of carbonyl (C=O) groups is 1. The summed E-state index contributed by atoms with van der Waals surface area (Å²) in [4.78, 5) is 20.5. The van der Waals surface area contributed by atoms with Gasteiger partial charge < -0.3 is 19.1 Å². The van der Waals surface area contributed by atoms with Crippen molar-refractivity contribution in [2.24, 2.45) is 7.05 Å². The minimum atomic E-state index is -1.06. The highest BCUT2D eigenvalue weighted by Crippen LogP contribution is 2.29. The Bertz CT molecular complexity index is 1760. The highest BCUT2D eigenvalue weighted by atomic mass is 19.1. The average Bonchev–Trinajstić information content (AvgIpc) is 3.44. The molecule has 4 heterocycles. The summed E-state index contributed by atoms with van der Waals surface area (Å²) in [5.74, 6) is -1.54. The molecule has 3 aromatic heterocycles. The van der Waals surface area contributed by atoms with Crippen molar-refractivity contribution >= 4 is 17.0 Å². The first-order chi connectivity index (χ1) is 19.7. The number of pyridine rings is 1. The third kappa shape index (κ3) is 5.40. The molecule has 0 aliphatic carbocycles. The zero-order chi connectivity index (χ0) is 28.7. The van der Waals surface area contributed by atoms with Crippen LogP contribution in [0, 0.1) is 18.6 Å². The van der Waals surface area contributed by atoms with Crippen molar-refractivity contribution in [1.82, 2.24) is 24.3 Å². The van der Waals surface area contributed by atoms with Gasteiger partial charge in [0, 0.05) is 37.4 Å². The summed E-state index contributed by atoms with van der Waals surface area (Å²) in [6, 6.07) is 13.7. The molecule has 1 atom stereocenters. The number of ether oxygens (including phenoxy) is 2. The maximum absolute atomic E-state index is 15.4. The number of nitrogens with zero attached hydrogens (tertiary/aromatic N) is 5. The van der Waals surface area contributed by atoms with Crippen LogP contribution < -0.4 is 4.74 Å². The molecule has 1 N–H and O–H groups in total. The third-order valence-electron chi connectivity index (χ3n) is 7.27. The molecule has 0 amide bonds. The van der Waals surface area contributed by atoms with E-state index in [1.165, 1.54) is 6.07 Å². The molecule has 0 saturated carbocycles. The van der Waals surface area contributed by atoms with Crippen LogP contribution in [0.5, 0.6) is 5.88 Å². The zero-order valence-electron chi connectivity index (χ0n) is 22.5. The summed E-state index contributed by atoms with van der Waals surface area (Å²) in [5.41, 5.74) is 3.38. The molecule has 1 aliphatic rings. The normalized spacial score (nSPS) is 14.8. The van der Waals surface area contributed by atoms with Crippen LogP contribution >= 0.6 is 0 Å². The Morgan fingerprint density at radius 3 is 2.66 bits per heavy atom. The topological polar surface area (TPSA) is 104 Å². The van der Waals surface area contributed by atoms with E-state index in [1.54, 1.807) is 35.0 Å². The molecule has 1 fully saturated rings. The lowest BCUT2D eigenvalue weighted by atomic mass is 10.0. The molecule has 11 heteroatoms. The standard InChI is InChI=1S/C30H27F2N5O4/c1-17-10-20(35-36(17)2)16-41-29-5-3-4-25(34-29)22-14-23(31)19(11-24(22)32)13-28-33-26-7-6-18(30(38)39)12-27(26)37(28)15-21-8-9-40-21/h3-7,10-12,14,21H,8-9,13,15-16H2,1-2H3,(H,38,39)/t21-/m0/s1. The van der Waals surface area contributed by atoms with E-state index in [0.29, 0.717) is 30.0 Å². The summed E-state index contributed by atoms with van der Waals surface area (Å²) < 4.78 is 45.7. The van der Waals surface area contributed by atoms with Crippen LogP contribution in [-0.2, 0) is 31.4 Å². The predicted octanol–water partition coefficient (Wildman–Crippen LogP) is 5.08. The molecular formula is C30H27F2N5O4.